The molecule has 2 bridgehead atoms. The first-order valence-corrected chi connectivity index (χ1v) is 15.0. The van der Waals surface area contributed by atoms with Gasteiger partial charge in [0.1, 0.15) is 11.9 Å². The standard InChI is InChI=1S/C36H46O5/c1-23(2)12-11-13-25(5)18-19-35-21-26(17-16-24(3)4)22-36(33(35)39,30(37)27-14-9-8-10-15-27)31(38)28-20-29(34(6,7)40)41-32(28)35/h8-10,12,14-16,18,26,29,40H,11,13,17,19-22H2,1-7H3/b25-18+/t26-,29?,35-,36-/m1/s1. The Morgan fingerprint density at radius 1 is 1.00 bits per heavy atom. The first-order chi connectivity index (χ1) is 19.2. The highest BCUT2D eigenvalue weighted by Crippen LogP contribution is 2.62. The fourth-order valence-electron chi connectivity index (χ4n) is 6.78. The van der Waals surface area contributed by atoms with E-state index < -0.39 is 34.1 Å². The molecule has 5 heteroatoms. The van der Waals surface area contributed by atoms with Gasteiger partial charge in [-0.25, -0.2) is 0 Å². The summed E-state index contributed by atoms with van der Waals surface area (Å²) in [6.07, 6.45) is 9.49. The highest BCUT2D eigenvalue weighted by atomic mass is 16.5. The number of fused-ring (bicyclic) bond motifs is 3. The van der Waals surface area contributed by atoms with Crippen LogP contribution < -0.4 is 0 Å². The van der Waals surface area contributed by atoms with E-state index in [0.717, 1.165) is 24.0 Å². The van der Waals surface area contributed by atoms with E-state index in [1.807, 2.05) is 19.9 Å². The van der Waals surface area contributed by atoms with Crippen molar-refractivity contribution >= 4 is 17.3 Å². The van der Waals surface area contributed by atoms with Gasteiger partial charge in [0.05, 0.1) is 11.0 Å². The van der Waals surface area contributed by atoms with Crippen LogP contribution in [0.1, 0.15) is 104 Å². The molecule has 1 saturated carbocycles. The molecule has 0 aromatic heterocycles. The van der Waals surface area contributed by atoms with E-state index in [1.54, 1.807) is 38.1 Å². The van der Waals surface area contributed by atoms with Crippen molar-refractivity contribution in [3.63, 3.8) is 0 Å². The topological polar surface area (TPSA) is 80.7 Å². The maximum absolute atomic E-state index is 14.9. The second-order valence-corrected chi connectivity index (χ2v) is 13.5. The van der Waals surface area contributed by atoms with E-state index in [4.69, 9.17) is 4.74 Å². The Kier molecular flexibility index (Phi) is 8.80. The highest BCUT2D eigenvalue weighted by molar-refractivity contribution is 6.35. The molecule has 1 aliphatic heterocycles. The van der Waals surface area contributed by atoms with Gasteiger partial charge in [0.15, 0.2) is 22.8 Å². The summed E-state index contributed by atoms with van der Waals surface area (Å²) < 4.78 is 6.43. The summed E-state index contributed by atoms with van der Waals surface area (Å²) in [5.41, 5.74) is 0.229. The largest absolute Gasteiger partial charge is 0.490 e. The van der Waals surface area contributed by atoms with Gasteiger partial charge in [-0.15, -0.1) is 0 Å². The van der Waals surface area contributed by atoms with E-state index in [2.05, 4.69) is 39.0 Å². The van der Waals surface area contributed by atoms with Gasteiger partial charge in [-0.2, -0.15) is 0 Å². The number of carbonyl (C=O) groups is 3. The number of aliphatic hydroxyl groups is 1. The summed E-state index contributed by atoms with van der Waals surface area (Å²) in [6, 6.07) is 8.75. The van der Waals surface area contributed by atoms with Crippen molar-refractivity contribution in [2.24, 2.45) is 16.7 Å². The van der Waals surface area contributed by atoms with Crippen molar-refractivity contribution in [1.82, 2.24) is 0 Å². The molecule has 2 aliphatic carbocycles. The maximum Gasteiger partial charge on any atom is 0.184 e. The molecular formula is C36H46O5. The van der Waals surface area contributed by atoms with Crippen LogP contribution in [0.4, 0.5) is 0 Å². The van der Waals surface area contributed by atoms with Crippen molar-refractivity contribution in [3.8, 4) is 0 Å². The molecule has 0 saturated heterocycles. The van der Waals surface area contributed by atoms with Crippen LogP contribution in [-0.4, -0.2) is 34.2 Å². The van der Waals surface area contributed by atoms with Gasteiger partial charge in [-0.05, 0) is 92.9 Å². The van der Waals surface area contributed by atoms with Crippen molar-refractivity contribution in [2.45, 2.75) is 105 Å². The molecule has 0 amide bonds. The minimum absolute atomic E-state index is 0.0579. The molecule has 1 aromatic rings. The molecule has 220 valence electrons. The number of ether oxygens (including phenoxy) is 1. The number of benzene rings is 1. The van der Waals surface area contributed by atoms with Crippen LogP contribution in [0.5, 0.6) is 0 Å². The zero-order chi connectivity index (χ0) is 30.2. The fraction of sp³-hybridized carbons (Fsp3) is 0.528. The Morgan fingerprint density at radius 2 is 1.66 bits per heavy atom. The summed E-state index contributed by atoms with van der Waals surface area (Å²) in [4.78, 5) is 43.8. The lowest BCUT2D eigenvalue weighted by Crippen LogP contribution is -2.61. The average Bonchev–Trinajstić information content (AvgIpc) is 3.38. The van der Waals surface area contributed by atoms with Crippen LogP contribution >= 0.6 is 0 Å². The molecule has 1 unspecified atom stereocenters. The fourth-order valence-corrected chi connectivity index (χ4v) is 6.78. The van der Waals surface area contributed by atoms with E-state index in [0.29, 0.717) is 36.2 Å². The molecule has 1 N–H and O–H groups in total. The summed E-state index contributed by atoms with van der Waals surface area (Å²) >= 11 is 0. The number of Topliss-reactive ketones (excluding diaryl/α,β-unsaturated/α-hetero) is 3. The van der Waals surface area contributed by atoms with Gasteiger partial charge in [-0.1, -0.05) is 65.3 Å². The van der Waals surface area contributed by atoms with Gasteiger partial charge in [-0.3, -0.25) is 14.4 Å². The normalized spacial score (nSPS) is 27.8. The van der Waals surface area contributed by atoms with E-state index in [-0.39, 0.29) is 24.5 Å². The van der Waals surface area contributed by atoms with Crippen LogP contribution in [0.15, 0.2) is 76.6 Å². The molecule has 1 heterocycles. The Bertz CT molecular complexity index is 1330. The number of ketones is 3. The molecule has 4 rings (SSSR count). The minimum Gasteiger partial charge on any atom is -0.490 e. The first-order valence-electron chi connectivity index (χ1n) is 15.0. The van der Waals surface area contributed by atoms with Crippen molar-refractivity contribution < 1.29 is 24.2 Å². The van der Waals surface area contributed by atoms with Crippen molar-refractivity contribution in [1.29, 1.82) is 0 Å². The van der Waals surface area contributed by atoms with Gasteiger partial charge >= 0.3 is 0 Å². The van der Waals surface area contributed by atoms with Gasteiger partial charge in [0.25, 0.3) is 0 Å². The molecule has 5 nitrogen and oxygen atoms in total. The lowest BCUT2D eigenvalue weighted by Gasteiger charge is -2.51. The Morgan fingerprint density at radius 3 is 2.27 bits per heavy atom. The van der Waals surface area contributed by atoms with E-state index in [1.165, 1.54) is 5.57 Å². The number of carbonyl (C=O) groups excluding carboxylic acids is 3. The van der Waals surface area contributed by atoms with Gasteiger partial charge < -0.3 is 9.84 Å². The number of hydrogen-bond acceptors (Lipinski definition) is 5. The summed E-state index contributed by atoms with van der Waals surface area (Å²) in [5.74, 6) is -0.841. The van der Waals surface area contributed by atoms with E-state index >= 15 is 0 Å². The Labute approximate surface area is 245 Å². The number of rotatable bonds is 10. The lowest BCUT2D eigenvalue weighted by atomic mass is 9.48. The van der Waals surface area contributed by atoms with E-state index in [9.17, 15) is 19.5 Å². The SMILES string of the molecule is CC(C)=CCC/C(C)=C/C[C@@]12C[C@@H](CC=C(C)C)C[C@@](C(=O)c3ccccc3)(C(=O)C3=C1OC(C(C)(C)O)C3)C2=O. The zero-order valence-electron chi connectivity index (χ0n) is 25.8. The molecule has 41 heavy (non-hydrogen) atoms. The molecule has 0 radical (unpaired) electrons. The zero-order valence-corrected chi connectivity index (χ0v) is 25.8. The summed E-state index contributed by atoms with van der Waals surface area (Å²) in [7, 11) is 0. The molecule has 1 fully saturated rings. The van der Waals surface area contributed by atoms with Crippen LogP contribution in [-0.2, 0) is 14.3 Å². The smallest absolute Gasteiger partial charge is 0.184 e. The van der Waals surface area contributed by atoms with Crippen molar-refractivity contribution in [2.75, 3.05) is 0 Å². The predicted molar refractivity (Wildman–Crippen MR) is 162 cm³/mol. The minimum atomic E-state index is -1.79. The van der Waals surface area contributed by atoms with Crippen LogP contribution in [0, 0.1) is 16.7 Å². The summed E-state index contributed by atoms with van der Waals surface area (Å²) in [6.45, 7) is 13.6. The third kappa shape index (κ3) is 5.83. The predicted octanol–water partition coefficient (Wildman–Crippen LogP) is 7.66. The molecule has 0 spiro atoms. The Balaban J connectivity index is 1.89. The average molecular weight is 559 g/mol. The number of allylic oxidation sites excluding steroid dienone is 7. The second-order valence-electron chi connectivity index (χ2n) is 13.5. The highest BCUT2D eigenvalue weighted by Gasteiger charge is 2.70. The molecule has 3 aliphatic rings. The number of hydrogen-bond donors (Lipinski definition) is 1. The second kappa shape index (κ2) is 11.7. The van der Waals surface area contributed by atoms with Crippen LogP contribution in [0.2, 0.25) is 0 Å². The molecule has 4 atom stereocenters. The monoisotopic (exact) mass is 558 g/mol. The van der Waals surface area contributed by atoms with Gasteiger partial charge in [0, 0.05) is 17.6 Å². The van der Waals surface area contributed by atoms with Crippen molar-refractivity contribution in [3.05, 3.63) is 82.2 Å². The van der Waals surface area contributed by atoms with Crippen LogP contribution in [0.3, 0.4) is 0 Å². The Hall–Kier alpha value is -3.05. The third-order valence-corrected chi connectivity index (χ3v) is 9.04. The maximum atomic E-state index is 14.9. The van der Waals surface area contributed by atoms with Gasteiger partial charge in [0.2, 0.25) is 0 Å². The van der Waals surface area contributed by atoms with Crippen LogP contribution in [0.25, 0.3) is 0 Å². The quantitative estimate of drug-likeness (QED) is 0.181. The first kappa shape index (κ1) is 30.9. The lowest BCUT2D eigenvalue weighted by molar-refractivity contribution is -0.152. The third-order valence-electron chi connectivity index (χ3n) is 9.04. The molecular weight excluding hydrogens is 512 g/mol. The summed E-state index contributed by atoms with van der Waals surface area (Å²) in [5, 5.41) is 10.9. The molecule has 1 aromatic carbocycles.